The number of benzene rings is 1. The van der Waals surface area contributed by atoms with Gasteiger partial charge in [0.2, 0.25) is 5.28 Å². The maximum Gasteiger partial charge on any atom is 0.229 e. The number of pyridine rings is 1. The largest absolute Gasteiger partial charge is 0.272 e. The van der Waals surface area contributed by atoms with Gasteiger partial charge in [0, 0.05) is 33.4 Å². The van der Waals surface area contributed by atoms with Gasteiger partial charge in [0.1, 0.15) is 0 Å². The molecule has 0 saturated carbocycles. The van der Waals surface area contributed by atoms with Crippen LogP contribution in [-0.4, -0.2) is 14.6 Å². The summed E-state index contributed by atoms with van der Waals surface area (Å²) in [7, 11) is 0. The molecular formula is C13H5Cl3N4. The van der Waals surface area contributed by atoms with Gasteiger partial charge in [-0.25, -0.2) is 0 Å². The second-order valence-corrected chi connectivity index (χ2v) is 5.22. The summed E-state index contributed by atoms with van der Waals surface area (Å²) in [6, 6.07) is 8.82. The summed E-state index contributed by atoms with van der Waals surface area (Å²) in [5.41, 5.74) is 2.27. The molecule has 4 nitrogen and oxygen atoms in total. The Morgan fingerprint density at radius 2 is 1.85 bits per heavy atom. The highest BCUT2D eigenvalue weighted by atomic mass is 35.5. The van der Waals surface area contributed by atoms with Crippen molar-refractivity contribution in [2.75, 3.05) is 0 Å². The first-order valence-electron chi connectivity index (χ1n) is 5.50. The van der Waals surface area contributed by atoms with Crippen LogP contribution < -0.4 is 0 Å². The molecule has 0 fully saturated rings. The molecule has 0 radical (unpaired) electrons. The zero-order valence-electron chi connectivity index (χ0n) is 9.81. The van der Waals surface area contributed by atoms with Gasteiger partial charge < -0.3 is 0 Å². The minimum atomic E-state index is 0.218. The average molecular weight is 324 g/mol. The summed E-state index contributed by atoms with van der Waals surface area (Å²) in [4.78, 5) is 0. The van der Waals surface area contributed by atoms with Crippen molar-refractivity contribution in [1.29, 1.82) is 5.26 Å². The van der Waals surface area contributed by atoms with Gasteiger partial charge in [-0.15, -0.1) is 10.2 Å². The van der Waals surface area contributed by atoms with Crippen molar-refractivity contribution in [2.45, 2.75) is 0 Å². The zero-order chi connectivity index (χ0) is 14.3. The summed E-state index contributed by atoms with van der Waals surface area (Å²) >= 11 is 18.0. The third-order valence-corrected chi connectivity index (χ3v) is 3.65. The molecule has 2 heterocycles. The van der Waals surface area contributed by atoms with Gasteiger partial charge in [-0.3, -0.25) is 4.40 Å². The smallest absolute Gasteiger partial charge is 0.229 e. The van der Waals surface area contributed by atoms with E-state index < -0.39 is 0 Å². The number of aromatic nitrogens is 3. The third kappa shape index (κ3) is 2.10. The molecule has 0 aliphatic heterocycles. The molecule has 0 saturated heterocycles. The average Bonchev–Trinajstić information content (AvgIpc) is 2.78. The molecule has 1 aromatic carbocycles. The second kappa shape index (κ2) is 4.95. The van der Waals surface area contributed by atoms with Crippen molar-refractivity contribution in [3.63, 3.8) is 0 Å². The molecule has 20 heavy (non-hydrogen) atoms. The molecule has 0 spiro atoms. The molecule has 3 aromatic rings. The molecular weight excluding hydrogens is 319 g/mol. The van der Waals surface area contributed by atoms with Crippen LogP contribution in [-0.2, 0) is 0 Å². The van der Waals surface area contributed by atoms with Crippen molar-refractivity contribution in [2.24, 2.45) is 0 Å². The fourth-order valence-electron chi connectivity index (χ4n) is 1.92. The van der Waals surface area contributed by atoms with Gasteiger partial charge in [0.15, 0.2) is 5.65 Å². The highest BCUT2D eigenvalue weighted by Gasteiger charge is 2.13. The van der Waals surface area contributed by atoms with Gasteiger partial charge in [-0.1, -0.05) is 29.3 Å². The number of halogens is 3. The second-order valence-electron chi connectivity index (χ2n) is 4.03. The highest BCUT2D eigenvalue weighted by molar-refractivity contribution is 6.36. The number of nitriles is 1. The lowest BCUT2D eigenvalue weighted by Crippen LogP contribution is -1.92. The Labute approximate surface area is 129 Å². The lowest BCUT2D eigenvalue weighted by molar-refractivity contribution is 1.10. The minimum Gasteiger partial charge on any atom is -0.272 e. The van der Waals surface area contributed by atoms with Crippen LogP contribution in [0.15, 0.2) is 30.5 Å². The Bertz CT molecular complexity index is 864. The van der Waals surface area contributed by atoms with E-state index in [-0.39, 0.29) is 5.28 Å². The SMILES string of the molecule is N#Cc1cc2nnc(Cl)n2cc1-c1ccc(Cl)cc1Cl. The van der Waals surface area contributed by atoms with Crippen molar-refractivity contribution < 1.29 is 0 Å². The first kappa shape index (κ1) is 13.2. The van der Waals surface area contributed by atoms with E-state index in [0.29, 0.717) is 32.4 Å². The molecule has 7 heteroatoms. The Kier molecular flexibility index (Phi) is 3.27. The van der Waals surface area contributed by atoms with Crippen LogP contribution in [0.5, 0.6) is 0 Å². The monoisotopic (exact) mass is 322 g/mol. The van der Waals surface area contributed by atoms with E-state index in [1.807, 2.05) is 0 Å². The van der Waals surface area contributed by atoms with Crippen LogP contribution in [0.25, 0.3) is 16.8 Å². The molecule has 0 aliphatic carbocycles. The molecule has 0 unspecified atom stereocenters. The molecule has 0 atom stereocenters. The molecule has 2 aromatic heterocycles. The van der Waals surface area contributed by atoms with Crippen molar-refractivity contribution >= 4 is 40.4 Å². The fraction of sp³-hybridized carbons (Fsp3) is 0. The number of hydrogen-bond acceptors (Lipinski definition) is 3. The zero-order valence-corrected chi connectivity index (χ0v) is 12.1. The summed E-state index contributed by atoms with van der Waals surface area (Å²) in [5.74, 6) is 0. The van der Waals surface area contributed by atoms with E-state index in [4.69, 9.17) is 34.8 Å². The predicted octanol–water partition coefficient (Wildman–Crippen LogP) is 4.23. The Morgan fingerprint density at radius 1 is 1.05 bits per heavy atom. The number of nitrogens with zero attached hydrogens (tertiary/aromatic N) is 4. The lowest BCUT2D eigenvalue weighted by atomic mass is 10.0. The normalized spacial score (nSPS) is 10.7. The molecule has 0 N–H and O–H groups in total. The lowest BCUT2D eigenvalue weighted by Gasteiger charge is -2.08. The fourth-order valence-corrected chi connectivity index (χ4v) is 2.61. The summed E-state index contributed by atoms with van der Waals surface area (Å²) in [6.45, 7) is 0. The molecule has 0 bridgehead atoms. The van der Waals surface area contributed by atoms with E-state index in [1.54, 1.807) is 34.9 Å². The Morgan fingerprint density at radius 3 is 2.55 bits per heavy atom. The summed E-state index contributed by atoms with van der Waals surface area (Å²) < 4.78 is 1.59. The quantitative estimate of drug-likeness (QED) is 0.673. The van der Waals surface area contributed by atoms with E-state index in [9.17, 15) is 5.26 Å². The van der Waals surface area contributed by atoms with Gasteiger partial charge in [-0.2, -0.15) is 5.26 Å². The van der Waals surface area contributed by atoms with Crippen molar-refractivity contribution in [3.05, 3.63) is 51.4 Å². The number of hydrogen-bond donors (Lipinski definition) is 0. The minimum absolute atomic E-state index is 0.218. The predicted molar refractivity (Wildman–Crippen MR) is 78.2 cm³/mol. The first-order chi connectivity index (χ1) is 9.60. The summed E-state index contributed by atoms with van der Waals surface area (Å²) in [6.07, 6.45) is 1.69. The van der Waals surface area contributed by atoms with Crippen molar-refractivity contribution in [1.82, 2.24) is 14.6 Å². The van der Waals surface area contributed by atoms with Crippen LogP contribution in [0.1, 0.15) is 5.56 Å². The molecule has 0 aliphatic rings. The maximum atomic E-state index is 9.28. The third-order valence-electron chi connectivity index (χ3n) is 2.84. The molecule has 3 rings (SSSR count). The highest BCUT2D eigenvalue weighted by Crippen LogP contribution is 2.33. The van der Waals surface area contributed by atoms with Gasteiger partial charge in [0.25, 0.3) is 0 Å². The van der Waals surface area contributed by atoms with E-state index in [2.05, 4.69) is 16.3 Å². The number of rotatable bonds is 1. The molecule has 0 amide bonds. The van der Waals surface area contributed by atoms with Crippen LogP contribution in [0, 0.1) is 11.3 Å². The van der Waals surface area contributed by atoms with Gasteiger partial charge in [0.05, 0.1) is 11.6 Å². The standard InChI is InChI=1S/C13H5Cl3N4/c14-8-1-2-9(11(15)4-8)10-6-20-12(3-7(10)5-17)18-19-13(20)16/h1-4,6H. The van der Waals surface area contributed by atoms with Crippen LogP contribution >= 0.6 is 34.8 Å². The van der Waals surface area contributed by atoms with Gasteiger partial charge >= 0.3 is 0 Å². The maximum absolute atomic E-state index is 9.28. The first-order valence-corrected chi connectivity index (χ1v) is 6.63. The van der Waals surface area contributed by atoms with E-state index >= 15 is 0 Å². The topological polar surface area (TPSA) is 54.0 Å². The Hall–Kier alpha value is -1.80. The van der Waals surface area contributed by atoms with Gasteiger partial charge in [-0.05, 0) is 23.7 Å². The van der Waals surface area contributed by atoms with Crippen LogP contribution in [0.4, 0.5) is 0 Å². The summed E-state index contributed by atoms with van der Waals surface area (Å²) in [5, 5.41) is 18.1. The van der Waals surface area contributed by atoms with Crippen molar-refractivity contribution in [3.8, 4) is 17.2 Å². The van der Waals surface area contributed by atoms with E-state index in [0.717, 1.165) is 0 Å². The Balaban J connectivity index is 2.34. The van der Waals surface area contributed by atoms with Crippen LogP contribution in [0.2, 0.25) is 15.3 Å². The van der Waals surface area contributed by atoms with E-state index in [1.165, 1.54) is 0 Å². The number of fused-ring (bicyclic) bond motifs is 1. The molecule has 98 valence electrons. The van der Waals surface area contributed by atoms with Crippen LogP contribution in [0.3, 0.4) is 0 Å².